The molecule has 1 heterocycles. The summed E-state index contributed by atoms with van der Waals surface area (Å²) in [6.07, 6.45) is 0. The van der Waals surface area contributed by atoms with Gasteiger partial charge in [0.1, 0.15) is 11.6 Å². The van der Waals surface area contributed by atoms with Gasteiger partial charge in [0, 0.05) is 17.7 Å². The highest BCUT2D eigenvalue weighted by Gasteiger charge is 2.18. The van der Waals surface area contributed by atoms with E-state index in [0.29, 0.717) is 22.3 Å². The molecular formula is C24H18FNO3. The van der Waals surface area contributed by atoms with Gasteiger partial charge in [-0.1, -0.05) is 48.5 Å². The number of rotatable bonds is 4. The van der Waals surface area contributed by atoms with E-state index in [4.69, 9.17) is 4.42 Å². The average Bonchev–Trinajstić information content (AvgIpc) is 2.75. The van der Waals surface area contributed by atoms with Crippen LogP contribution in [-0.2, 0) is 6.54 Å². The maximum Gasteiger partial charge on any atom is 0.255 e. The van der Waals surface area contributed by atoms with Crippen molar-refractivity contribution in [3.05, 3.63) is 106 Å². The number of carbonyl (C=O) groups is 1. The first-order chi connectivity index (χ1) is 14.0. The van der Waals surface area contributed by atoms with Gasteiger partial charge in [0.05, 0.1) is 10.9 Å². The van der Waals surface area contributed by atoms with Crippen LogP contribution in [0.2, 0.25) is 0 Å². The van der Waals surface area contributed by atoms with Crippen molar-refractivity contribution in [1.82, 2.24) is 5.32 Å². The number of amides is 1. The Morgan fingerprint density at radius 2 is 1.76 bits per heavy atom. The summed E-state index contributed by atoms with van der Waals surface area (Å²) in [5, 5.41) is 3.11. The number of fused-ring (bicyclic) bond motifs is 1. The zero-order valence-corrected chi connectivity index (χ0v) is 15.7. The van der Waals surface area contributed by atoms with Crippen LogP contribution in [-0.4, -0.2) is 5.91 Å². The number of hydrogen-bond donors (Lipinski definition) is 1. The zero-order chi connectivity index (χ0) is 20.4. The monoisotopic (exact) mass is 387 g/mol. The lowest BCUT2D eigenvalue weighted by Gasteiger charge is -2.11. The molecule has 0 spiro atoms. The van der Waals surface area contributed by atoms with E-state index >= 15 is 0 Å². The van der Waals surface area contributed by atoms with Crippen molar-refractivity contribution in [2.75, 3.05) is 0 Å². The molecule has 4 nitrogen and oxygen atoms in total. The van der Waals surface area contributed by atoms with Crippen molar-refractivity contribution in [1.29, 1.82) is 0 Å². The van der Waals surface area contributed by atoms with E-state index in [1.54, 1.807) is 37.3 Å². The van der Waals surface area contributed by atoms with Crippen LogP contribution in [0.15, 0.2) is 82.0 Å². The molecule has 0 unspecified atom stereocenters. The third kappa shape index (κ3) is 3.67. The zero-order valence-electron chi connectivity index (χ0n) is 15.7. The molecule has 0 fully saturated rings. The normalized spacial score (nSPS) is 10.8. The van der Waals surface area contributed by atoms with Crippen LogP contribution in [0.3, 0.4) is 0 Å². The van der Waals surface area contributed by atoms with E-state index in [9.17, 15) is 14.0 Å². The quantitative estimate of drug-likeness (QED) is 0.545. The van der Waals surface area contributed by atoms with Crippen LogP contribution in [0.5, 0.6) is 0 Å². The standard InChI is InChI=1S/C24H18FNO3/c1-15-21(27)19-11-6-12-20(23(19)29-22(15)17-8-3-2-4-9-17)24(28)26-14-16-7-5-10-18(25)13-16/h2-13H,14H2,1H3,(H,26,28). The lowest BCUT2D eigenvalue weighted by atomic mass is 10.0. The topological polar surface area (TPSA) is 59.3 Å². The Kier molecular flexibility index (Phi) is 4.96. The molecule has 144 valence electrons. The third-order valence-corrected chi connectivity index (χ3v) is 4.77. The molecule has 0 atom stereocenters. The lowest BCUT2D eigenvalue weighted by molar-refractivity contribution is 0.0951. The van der Waals surface area contributed by atoms with E-state index < -0.39 is 5.91 Å². The van der Waals surface area contributed by atoms with Crippen molar-refractivity contribution in [3.63, 3.8) is 0 Å². The Balaban J connectivity index is 1.75. The van der Waals surface area contributed by atoms with Gasteiger partial charge in [-0.05, 0) is 36.8 Å². The van der Waals surface area contributed by atoms with Crippen molar-refractivity contribution in [2.24, 2.45) is 0 Å². The van der Waals surface area contributed by atoms with Gasteiger partial charge in [-0.15, -0.1) is 0 Å². The summed E-state index contributed by atoms with van der Waals surface area (Å²) in [5.74, 6) is -0.324. The molecule has 0 bridgehead atoms. The number of nitrogens with one attached hydrogen (secondary N) is 1. The summed E-state index contributed by atoms with van der Waals surface area (Å²) in [6, 6.07) is 20.2. The maximum absolute atomic E-state index is 13.3. The van der Waals surface area contributed by atoms with Gasteiger partial charge < -0.3 is 9.73 Å². The van der Waals surface area contributed by atoms with Gasteiger partial charge in [0.2, 0.25) is 0 Å². The van der Waals surface area contributed by atoms with Gasteiger partial charge in [-0.3, -0.25) is 9.59 Å². The molecule has 1 amide bonds. The SMILES string of the molecule is Cc1c(-c2ccccc2)oc2c(C(=O)NCc3cccc(F)c3)cccc2c1=O. The number of halogens is 1. The molecule has 0 saturated heterocycles. The molecule has 0 aliphatic carbocycles. The molecular weight excluding hydrogens is 369 g/mol. The number of carbonyl (C=O) groups excluding carboxylic acids is 1. The molecule has 0 radical (unpaired) electrons. The number of hydrogen-bond acceptors (Lipinski definition) is 3. The molecule has 4 rings (SSSR count). The molecule has 5 heteroatoms. The van der Waals surface area contributed by atoms with Crippen LogP contribution in [0.4, 0.5) is 4.39 Å². The van der Waals surface area contributed by atoms with Gasteiger partial charge in [-0.2, -0.15) is 0 Å². The molecule has 4 aromatic rings. The summed E-state index contributed by atoms with van der Waals surface area (Å²) in [4.78, 5) is 25.7. The Labute approximate surface area is 166 Å². The second-order valence-corrected chi connectivity index (χ2v) is 6.75. The van der Waals surface area contributed by atoms with Crippen molar-refractivity contribution in [3.8, 4) is 11.3 Å². The van der Waals surface area contributed by atoms with E-state index in [-0.39, 0.29) is 28.9 Å². The Hall–Kier alpha value is -3.73. The van der Waals surface area contributed by atoms with Crippen LogP contribution in [0.1, 0.15) is 21.5 Å². The summed E-state index contributed by atoms with van der Waals surface area (Å²) < 4.78 is 19.4. The minimum atomic E-state index is -0.397. The first kappa shape index (κ1) is 18.6. The minimum Gasteiger partial charge on any atom is -0.455 e. The second kappa shape index (κ2) is 7.72. The van der Waals surface area contributed by atoms with Crippen LogP contribution in [0.25, 0.3) is 22.3 Å². The molecule has 1 N–H and O–H groups in total. The van der Waals surface area contributed by atoms with E-state index in [2.05, 4.69) is 5.32 Å². The summed E-state index contributed by atoms with van der Waals surface area (Å²) >= 11 is 0. The van der Waals surface area contributed by atoms with E-state index in [0.717, 1.165) is 5.56 Å². The summed E-state index contributed by atoms with van der Waals surface area (Å²) in [5.41, 5.74) is 2.21. The van der Waals surface area contributed by atoms with Crippen molar-refractivity contribution < 1.29 is 13.6 Å². The molecule has 3 aromatic carbocycles. The van der Waals surface area contributed by atoms with Crippen molar-refractivity contribution >= 4 is 16.9 Å². The number of benzene rings is 3. The summed E-state index contributed by atoms with van der Waals surface area (Å²) in [6.45, 7) is 1.87. The van der Waals surface area contributed by atoms with Crippen LogP contribution in [0, 0.1) is 12.7 Å². The Morgan fingerprint density at radius 1 is 1.00 bits per heavy atom. The maximum atomic E-state index is 13.3. The fourth-order valence-electron chi connectivity index (χ4n) is 3.28. The van der Waals surface area contributed by atoms with Crippen LogP contribution < -0.4 is 10.7 Å². The Bertz CT molecular complexity index is 1260. The molecule has 0 aliphatic rings. The second-order valence-electron chi connectivity index (χ2n) is 6.75. The molecule has 29 heavy (non-hydrogen) atoms. The lowest BCUT2D eigenvalue weighted by Crippen LogP contribution is -2.23. The smallest absolute Gasteiger partial charge is 0.255 e. The predicted molar refractivity (Wildman–Crippen MR) is 110 cm³/mol. The first-order valence-corrected chi connectivity index (χ1v) is 9.19. The Morgan fingerprint density at radius 3 is 2.52 bits per heavy atom. The molecule has 0 aliphatic heterocycles. The largest absolute Gasteiger partial charge is 0.455 e. The molecule has 0 saturated carbocycles. The van der Waals surface area contributed by atoms with Gasteiger partial charge >= 0.3 is 0 Å². The first-order valence-electron chi connectivity index (χ1n) is 9.19. The number of para-hydroxylation sites is 1. The van der Waals surface area contributed by atoms with Gasteiger partial charge in [0.25, 0.3) is 5.91 Å². The summed E-state index contributed by atoms with van der Waals surface area (Å²) in [7, 11) is 0. The minimum absolute atomic E-state index is 0.161. The highest BCUT2D eigenvalue weighted by atomic mass is 19.1. The average molecular weight is 387 g/mol. The van der Waals surface area contributed by atoms with Gasteiger partial charge in [0.15, 0.2) is 11.0 Å². The van der Waals surface area contributed by atoms with E-state index in [1.807, 2.05) is 30.3 Å². The van der Waals surface area contributed by atoms with E-state index in [1.165, 1.54) is 12.1 Å². The highest BCUT2D eigenvalue weighted by molar-refractivity contribution is 6.05. The molecule has 1 aromatic heterocycles. The van der Waals surface area contributed by atoms with Crippen LogP contribution >= 0.6 is 0 Å². The van der Waals surface area contributed by atoms with Crippen molar-refractivity contribution in [2.45, 2.75) is 13.5 Å². The predicted octanol–water partition coefficient (Wildman–Crippen LogP) is 4.84. The fraction of sp³-hybridized carbons (Fsp3) is 0.0833. The fourth-order valence-corrected chi connectivity index (χ4v) is 3.28. The third-order valence-electron chi connectivity index (χ3n) is 4.77. The highest BCUT2D eigenvalue weighted by Crippen LogP contribution is 2.27. The van der Waals surface area contributed by atoms with Gasteiger partial charge in [-0.25, -0.2) is 4.39 Å².